The second kappa shape index (κ2) is 6.70. The maximum Gasteiger partial charge on any atom is 0.234 e. The number of hydrogen-bond acceptors (Lipinski definition) is 3. The standard InChI is InChI=1S/C10H18ClN3O2/c1-13-4-6-14(7-5-13)10(16)2-3-12-9(15)8-11/h2-8H2,1H3,(H,12,15). The lowest BCUT2D eigenvalue weighted by molar-refractivity contribution is -0.132. The fourth-order valence-corrected chi connectivity index (χ4v) is 1.66. The molecule has 0 atom stereocenters. The Hall–Kier alpha value is -0.810. The summed E-state index contributed by atoms with van der Waals surface area (Å²) >= 11 is 5.32. The van der Waals surface area contributed by atoms with Crippen molar-refractivity contribution in [3.8, 4) is 0 Å². The smallest absolute Gasteiger partial charge is 0.234 e. The van der Waals surface area contributed by atoms with E-state index in [-0.39, 0.29) is 17.7 Å². The van der Waals surface area contributed by atoms with Crippen molar-refractivity contribution < 1.29 is 9.59 Å². The van der Waals surface area contributed by atoms with Gasteiger partial charge in [0.05, 0.1) is 0 Å². The lowest BCUT2D eigenvalue weighted by atomic mass is 10.3. The lowest BCUT2D eigenvalue weighted by Gasteiger charge is -2.32. The highest BCUT2D eigenvalue weighted by Crippen LogP contribution is 2.01. The van der Waals surface area contributed by atoms with Crippen LogP contribution in [0.5, 0.6) is 0 Å². The summed E-state index contributed by atoms with van der Waals surface area (Å²) in [6.45, 7) is 3.76. The van der Waals surface area contributed by atoms with Gasteiger partial charge in [0.25, 0.3) is 0 Å². The molecular formula is C10H18ClN3O2. The Morgan fingerprint density at radius 3 is 2.44 bits per heavy atom. The Kier molecular flexibility index (Phi) is 5.55. The molecule has 2 amide bonds. The van der Waals surface area contributed by atoms with Gasteiger partial charge in [0.2, 0.25) is 11.8 Å². The van der Waals surface area contributed by atoms with E-state index in [1.807, 2.05) is 11.9 Å². The summed E-state index contributed by atoms with van der Waals surface area (Å²) < 4.78 is 0. The number of likely N-dealkylation sites (N-methyl/N-ethyl adjacent to an activating group) is 1. The van der Waals surface area contributed by atoms with Crippen LogP contribution in [0.2, 0.25) is 0 Å². The topological polar surface area (TPSA) is 52.6 Å². The summed E-state index contributed by atoms with van der Waals surface area (Å²) in [5, 5.41) is 2.58. The van der Waals surface area contributed by atoms with E-state index in [4.69, 9.17) is 11.6 Å². The van der Waals surface area contributed by atoms with Crippen molar-refractivity contribution in [1.82, 2.24) is 15.1 Å². The highest BCUT2D eigenvalue weighted by atomic mass is 35.5. The number of nitrogens with zero attached hydrogens (tertiary/aromatic N) is 2. The van der Waals surface area contributed by atoms with E-state index >= 15 is 0 Å². The molecule has 1 aliphatic heterocycles. The minimum atomic E-state index is -0.229. The van der Waals surface area contributed by atoms with Gasteiger partial charge in [-0.2, -0.15) is 0 Å². The molecule has 0 aromatic rings. The molecule has 0 aliphatic carbocycles. The van der Waals surface area contributed by atoms with Crippen molar-refractivity contribution in [2.75, 3.05) is 45.7 Å². The maximum absolute atomic E-state index is 11.7. The Morgan fingerprint density at radius 2 is 1.88 bits per heavy atom. The number of carbonyl (C=O) groups excluding carboxylic acids is 2. The zero-order chi connectivity index (χ0) is 12.0. The van der Waals surface area contributed by atoms with Crippen molar-refractivity contribution in [2.45, 2.75) is 6.42 Å². The second-order valence-electron chi connectivity index (χ2n) is 3.92. The Morgan fingerprint density at radius 1 is 1.25 bits per heavy atom. The van der Waals surface area contributed by atoms with Crippen LogP contribution in [-0.2, 0) is 9.59 Å². The number of amides is 2. The third kappa shape index (κ3) is 4.37. The van der Waals surface area contributed by atoms with E-state index in [0.717, 1.165) is 26.2 Å². The minimum absolute atomic E-state index is 0.0529. The summed E-state index contributed by atoms with van der Waals surface area (Å²) in [4.78, 5) is 26.6. The van der Waals surface area contributed by atoms with E-state index in [1.54, 1.807) is 0 Å². The van der Waals surface area contributed by atoms with Gasteiger partial charge in [-0.15, -0.1) is 11.6 Å². The molecule has 0 aromatic heterocycles. The molecule has 1 N–H and O–H groups in total. The zero-order valence-corrected chi connectivity index (χ0v) is 10.3. The number of hydrogen-bond donors (Lipinski definition) is 1. The van der Waals surface area contributed by atoms with Gasteiger partial charge in [-0.1, -0.05) is 0 Å². The molecule has 1 heterocycles. The van der Waals surface area contributed by atoms with E-state index in [1.165, 1.54) is 0 Å². The Balaban J connectivity index is 2.17. The summed E-state index contributed by atoms with van der Waals surface area (Å²) in [5.41, 5.74) is 0. The van der Waals surface area contributed by atoms with E-state index < -0.39 is 0 Å². The van der Waals surface area contributed by atoms with Crippen LogP contribution in [0.1, 0.15) is 6.42 Å². The average molecular weight is 248 g/mol. The van der Waals surface area contributed by atoms with Gasteiger partial charge in [0, 0.05) is 39.1 Å². The first kappa shape index (κ1) is 13.3. The predicted molar refractivity (Wildman–Crippen MR) is 62.4 cm³/mol. The molecule has 0 bridgehead atoms. The molecule has 1 rings (SSSR count). The first-order chi connectivity index (χ1) is 7.63. The fraction of sp³-hybridized carbons (Fsp3) is 0.800. The fourth-order valence-electron chi connectivity index (χ4n) is 1.57. The minimum Gasteiger partial charge on any atom is -0.355 e. The number of carbonyl (C=O) groups is 2. The van der Waals surface area contributed by atoms with Crippen LogP contribution in [0, 0.1) is 0 Å². The van der Waals surface area contributed by atoms with Crippen LogP contribution >= 0.6 is 11.6 Å². The molecular weight excluding hydrogens is 230 g/mol. The Labute approximate surface area is 101 Å². The lowest BCUT2D eigenvalue weighted by Crippen LogP contribution is -2.47. The van der Waals surface area contributed by atoms with Crippen LogP contribution in [0.25, 0.3) is 0 Å². The normalized spacial score (nSPS) is 17.2. The molecule has 92 valence electrons. The number of nitrogens with one attached hydrogen (secondary N) is 1. The number of alkyl halides is 1. The summed E-state index contributed by atoms with van der Waals surface area (Å²) in [6.07, 6.45) is 0.354. The highest BCUT2D eigenvalue weighted by Gasteiger charge is 2.18. The highest BCUT2D eigenvalue weighted by molar-refractivity contribution is 6.27. The SMILES string of the molecule is CN1CCN(C(=O)CCNC(=O)CCl)CC1. The van der Waals surface area contributed by atoms with Crippen molar-refractivity contribution in [1.29, 1.82) is 0 Å². The van der Waals surface area contributed by atoms with Crippen molar-refractivity contribution in [2.24, 2.45) is 0 Å². The maximum atomic E-state index is 11.7. The molecule has 5 nitrogen and oxygen atoms in total. The zero-order valence-electron chi connectivity index (χ0n) is 9.54. The molecule has 1 fully saturated rings. The molecule has 1 aliphatic rings. The van der Waals surface area contributed by atoms with Gasteiger partial charge in [-0.25, -0.2) is 0 Å². The van der Waals surface area contributed by atoms with Crippen LogP contribution in [-0.4, -0.2) is 67.3 Å². The van der Waals surface area contributed by atoms with E-state index in [2.05, 4.69) is 10.2 Å². The quantitative estimate of drug-likeness (QED) is 0.682. The third-order valence-corrected chi connectivity index (χ3v) is 2.88. The van der Waals surface area contributed by atoms with Gasteiger partial charge in [-0.05, 0) is 7.05 Å². The van der Waals surface area contributed by atoms with Gasteiger partial charge in [0.15, 0.2) is 0 Å². The number of rotatable bonds is 4. The molecule has 1 saturated heterocycles. The Bertz CT molecular complexity index is 252. The molecule has 0 radical (unpaired) electrons. The predicted octanol–water partition coefficient (Wildman–Crippen LogP) is -0.494. The summed E-state index contributed by atoms with van der Waals surface area (Å²) in [7, 11) is 2.04. The molecule has 6 heteroatoms. The van der Waals surface area contributed by atoms with Crippen LogP contribution in [0.3, 0.4) is 0 Å². The largest absolute Gasteiger partial charge is 0.355 e. The van der Waals surface area contributed by atoms with Crippen molar-refractivity contribution in [3.05, 3.63) is 0 Å². The summed E-state index contributed by atoms with van der Waals surface area (Å²) in [5.74, 6) is -0.182. The average Bonchev–Trinajstić information content (AvgIpc) is 2.29. The van der Waals surface area contributed by atoms with Crippen LogP contribution < -0.4 is 5.32 Å². The van der Waals surface area contributed by atoms with Gasteiger partial charge >= 0.3 is 0 Å². The molecule has 0 aromatic carbocycles. The molecule has 0 unspecified atom stereocenters. The number of halogens is 1. The van der Waals surface area contributed by atoms with Gasteiger partial charge < -0.3 is 15.1 Å². The molecule has 0 saturated carbocycles. The van der Waals surface area contributed by atoms with Gasteiger partial charge in [0.1, 0.15) is 5.88 Å². The van der Waals surface area contributed by atoms with Crippen LogP contribution in [0.4, 0.5) is 0 Å². The monoisotopic (exact) mass is 247 g/mol. The van der Waals surface area contributed by atoms with Crippen molar-refractivity contribution >= 4 is 23.4 Å². The first-order valence-electron chi connectivity index (χ1n) is 5.42. The summed E-state index contributed by atoms with van der Waals surface area (Å²) in [6, 6.07) is 0. The van der Waals surface area contributed by atoms with Crippen LogP contribution in [0.15, 0.2) is 0 Å². The van der Waals surface area contributed by atoms with Gasteiger partial charge in [-0.3, -0.25) is 9.59 Å². The number of piperazine rings is 1. The second-order valence-corrected chi connectivity index (χ2v) is 4.18. The molecule has 0 spiro atoms. The molecule has 16 heavy (non-hydrogen) atoms. The third-order valence-electron chi connectivity index (χ3n) is 2.64. The first-order valence-corrected chi connectivity index (χ1v) is 5.96. The van der Waals surface area contributed by atoms with E-state index in [0.29, 0.717) is 13.0 Å². The van der Waals surface area contributed by atoms with Crippen molar-refractivity contribution in [3.63, 3.8) is 0 Å². The van der Waals surface area contributed by atoms with E-state index in [9.17, 15) is 9.59 Å².